The second kappa shape index (κ2) is 10.2. The number of benzene rings is 2. The lowest BCUT2D eigenvalue weighted by Gasteiger charge is -2.39. The summed E-state index contributed by atoms with van der Waals surface area (Å²) in [6.07, 6.45) is -6.29. The van der Waals surface area contributed by atoms with E-state index in [1.165, 1.54) is 20.3 Å². The van der Waals surface area contributed by atoms with Gasteiger partial charge in [0.2, 0.25) is 12.0 Å². The molecule has 32 heavy (non-hydrogen) atoms. The average molecular weight is 452 g/mol. The number of phenols is 2. The van der Waals surface area contributed by atoms with Crippen molar-refractivity contribution in [3.05, 3.63) is 41.5 Å². The van der Waals surface area contributed by atoms with Crippen LogP contribution < -0.4 is 14.2 Å². The minimum absolute atomic E-state index is 0.0358. The van der Waals surface area contributed by atoms with Crippen molar-refractivity contribution in [2.75, 3.05) is 20.8 Å². The summed E-state index contributed by atoms with van der Waals surface area (Å²) in [7, 11) is 2.85. The first-order valence-electron chi connectivity index (χ1n) is 10.0. The smallest absolute Gasteiger partial charge is 0.229 e. The lowest BCUT2D eigenvalue weighted by Crippen LogP contribution is -2.60. The fourth-order valence-corrected chi connectivity index (χ4v) is 3.52. The SMILES string of the molecule is COc1ccc(CCc2cc(O)c(O[C@@H]3O[C@@H](CO)[C@@H](O)[C@@H](O)[C@@H]3O)c(OC)c2)cc1O. The molecule has 176 valence electrons. The first-order chi connectivity index (χ1) is 15.3. The fraction of sp³-hybridized carbons (Fsp3) is 0.455. The molecular weight excluding hydrogens is 424 g/mol. The molecule has 0 bridgehead atoms. The maximum absolute atomic E-state index is 10.5. The number of rotatable bonds is 8. The van der Waals surface area contributed by atoms with Crippen LogP contribution in [0.5, 0.6) is 28.7 Å². The highest BCUT2D eigenvalue weighted by Crippen LogP contribution is 2.40. The van der Waals surface area contributed by atoms with E-state index in [2.05, 4.69) is 0 Å². The molecule has 10 nitrogen and oxygen atoms in total. The molecule has 1 saturated heterocycles. The summed E-state index contributed by atoms with van der Waals surface area (Å²) in [5, 5.41) is 59.7. The lowest BCUT2D eigenvalue weighted by atomic mass is 9.99. The van der Waals surface area contributed by atoms with E-state index in [1.807, 2.05) is 6.07 Å². The number of aliphatic hydroxyl groups excluding tert-OH is 4. The first kappa shape index (κ1) is 23.9. The molecule has 2 aromatic carbocycles. The zero-order valence-corrected chi connectivity index (χ0v) is 17.7. The number of hydrogen-bond donors (Lipinski definition) is 6. The van der Waals surface area contributed by atoms with E-state index in [0.29, 0.717) is 18.6 Å². The molecule has 0 spiro atoms. The minimum atomic E-state index is -1.63. The van der Waals surface area contributed by atoms with Crippen LogP contribution >= 0.6 is 0 Å². The van der Waals surface area contributed by atoms with Gasteiger partial charge in [-0.05, 0) is 48.2 Å². The van der Waals surface area contributed by atoms with Gasteiger partial charge in [-0.3, -0.25) is 0 Å². The van der Waals surface area contributed by atoms with Crippen LogP contribution in [-0.4, -0.2) is 82.2 Å². The van der Waals surface area contributed by atoms with E-state index in [-0.39, 0.29) is 23.0 Å². The fourth-order valence-electron chi connectivity index (χ4n) is 3.52. The van der Waals surface area contributed by atoms with E-state index in [0.717, 1.165) is 11.1 Å². The molecule has 1 aliphatic heterocycles. The highest BCUT2D eigenvalue weighted by atomic mass is 16.7. The predicted molar refractivity (Wildman–Crippen MR) is 111 cm³/mol. The van der Waals surface area contributed by atoms with Crippen LogP contribution in [0.4, 0.5) is 0 Å². The number of aryl methyl sites for hydroxylation is 2. The summed E-state index contributed by atoms with van der Waals surface area (Å²) in [5.74, 6) is 0.169. The predicted octanol–water partition coefficient (Wildman–Crippen LogP) is 0.0789. The molecule has 10 heteroatoms. The molecule has 2 aromatic rings. The molecular formula is C22H28O10. The Labute approximate surface area is 184 Å². The van der Waals surface area contributed by atoms with Gasteiger partial charge in [-0.1, -0.05) is 6.07 Å². The van der Waals surface area contributed by atoms with Gasteiger partial charge in [0.05, 0.1) is 20.8 Å². The van der Waals surface area contributed by atoms with Gasteiger partial charge in [-0.15, -0.1) is 0 Å². The second-order valence-electron chi connectivity index (χ2n) is 7.47. The molecule has 0 amide bonds. The van der Waals surface area contributed by atoms with E-state index in [9.17, 15) is 30.6 Å². The minimum Gasteiger partial charge on any atom is -0.504 e. The maximum Gasteiger partial charge on any atom is 0.229 e. The van der Waals surface area contributed by atoms with Crippen molar-refractivity contribution in [3.63, 3.8) is 0 Å². The molecule has 0 aromatic heterocycles. The van der Waals surface area contributed by atoms with Gasteiger partial charge >= 0.3 is 0 Å². The van der Waals surface area contributed by atoms with Crippen LogP contribution in [0, 0.1) is 0 Å². The number of phenolic OH excluding ortho intramolecular Hbond substituents is 2. The largest absolute Gasteiger partial charge is 0.504 e. The highest BCUT2D eigenvalue weighted by Gasteiger charge is 2.45. The number of aliphatic hydroxyl groups is 4. The zero-order valence-electron chi connectivity index (χ0n) is 17.7. The zero-order chi connectivity index (χ0) is 23.4. The van der Waals surface area contributed by atoms with Crippen molar-refractivity contribution in [2.45, 2.75) is 43.5 Å². The van der Waals surface area contributed by atoms with Crippen LogP contribution in [0.3, 0.4) is 0 Å². The summed E-state index contributed by atoms with van der Waals surface area (Å²) in [6.45, 7) is -0.603. The Kier molecular flexibility index (Phi) is 7.64. The Morgan fingerprint density at radius 2 is 1.47 bits per heavy atom. The molecule has 5 atom stereocenters. The Bertz CT molecular complexity index is 916. The third-order valence-corrected chi connectivity index (χ3v) is 5.34. The third-order valence-electron chi connectivity index (χ3n) is 5.34. The van der Waals surface area contributed by atoms with Crippen molar-refractivity contribution in [1.29, 1.82) is 0 Å². The number of aromatic hydroxyl groups is 2. The van der Waals surface area contributed by atoms with Crippen molar-refractivity contribution in [2.24, 2.45) is 0 Å². The number of ether oxygens (including phenoxy) is 4. The standard InChI is InChI=1S/C22H28O10/c1-29-15-6-5-11(7-13(15)24)3-4-12-8-14(25)21(16(9-12)30-2)32-22-20(28)19(27)18(26)17(10-23)31-22/h5-9,17-20,22-28H,3-4,10H2,1-2H3/t17-,18+,19+,20-,22-/m0/s1. The van der Waals surface area contributed by atoms with E-state index in [4.69, 9.17) is 18.9 Å². The van der Waals surface area contributed by atoms with Crippen LogP contribution in [0.25, 0.3) is 0 Å². The van der Waals surface area contributed by atoms with Gasteiger partial charge in [0.25, 0.3) is 0 Å². The Hall–Kier alpha value is -2.76. The number of hydrogen-bond acceptors (Lipinski definition) is 10. The van der Waals surface area contributed by atoms with Gasteiger partial charge in [0, 0.05) is 0 Å². The molecule has 6 N–H and O–H groups in total. The highest BCUT2D eigenvalue weighted by molar-refractivity contribution is 5.53. The van der Waals surface area contributed by atoms with E-state index >= 15 is 0 Å². The first-order valence-corrected chi connectivity index (χ1v) is 10.0. The topological polar surface area (TPSA) is 158 Å². The van der Waals surface area contributed by atoms with Crippen molar-refractivity contribution < 1.29 is 49.6 Å². The normalized spacial score (nSPS) is 25.4. The average Bonchev–Trinajstić information content (AvgIpc) is 2.79. The summed E-state index contributed by atoms with van der Waals surface area (Å²) in [4.78, 5) is 0. The van der Waals surface area contributed by atoms with Crippen LogP contribution in [-0.2, 0) is 17.6 Å². The monoisotopic (exact) mass is 452 g/mol. The molecule has 0 unspecified atom stereocenters. The van der Waals surface area contributed by atoms with E-state index < -0.39 is 37.3 Å². The van der Waals surface area contributed by atoms with Crippen LogP contribution in [0.2, 0.25) is 0 Å². The Morgan fingerprint density at radius 1 is 0.812 bits per heavy atom. The molecule has 3 rings (SSSR count). The van der Waals surface area contributed by atoms with Crippen LogP contribution in [0.15, 0.2) is 30.3 Å². The third kappa shape index (κ3) is 5.00. The summed E-state index contributed by atoms with van der Waals surface area (Å²) in [6, 6.07) is 8.20. The van der Waals surface area contributed by atoms with Crippen molar-refractivity contribution >= 4 is 0 Å². The van der Waals surface area contributed by atoms with Gasteiger partial charge < -0.3 is 49.6 Å². The second-order valence-corrected chi connectivity index (χ2v) is 7.47. The van der Waals surface area contributed by atoms with Crippen molar-refractivity contribution in [3.8, 4) is 28.7 Å². The summed E-state index contributed by atoms with van der Waals surface area (Å²) in [5.41, 5.74) is 1.58. The van der Waals surface area contributed by atoms with Gasteiger partial charge in [0.1, 0.15) is 24.4 Å². The molecule has 1 heterocycles. The molecule has 0 saturated carbocycles. The molecule has 0 aliphatic carbocycles. The van der Waals surface area contributed by atoms with Gasteiger partial charge in [-0.25, -0.2) is 0 Å². The van der Waals surface area contributed by atoms with Gasteiger partial charge in [-0.2, -0.15) is 0 Å². The number of methoxy groups -OCH3 is 2. The Balaban J connectivity index is 1.75. The van der Waals surface area contributed by atoms with E-state index in [1.54, 1.807) is 18.2 Å². The molecule has 1 aliphatic rings. The summed E-state index contributed by atoms with van der Waals surface area (Å²) < 4.78 is 21.2. The molecule has 1 fully saturated rings. The van der Waals surface area contributed by atoms with Gasteiger partial charge in [0.15, 0.2) is 23.0 Å². The quantitative estimate of drug-likeness (QED) is 0.324. The Morgan fingerprint density at radius 3 is 2.09 bits per heavy atom. The lowest BCUT2D eigenvalue weighted by molar-refractivity contribution is -0.277. The van der Waals surface area contributed by atoms with Crippen molar-refractivity contribution in [1.82, 2.24) is 0 Å². The van der Waals surface area contributed by atoms with Crippen LogP contribution in [0.1, 0.15) is 11.1 Å². The summed E-state index contributed by atoms with van der Waals surface area (Å²) >= 11 is 0. The molecule has 0 radical (unpaired) electrons. The maximum atomic E-state index is 10.5.